The number of nitrogens with two attached hydrogens (primary N) is 1. The van der Waals surface area contributed by atoms with Crippen LogP contribution in [0.3, 0.4) is 0 Å². The summed E-state index contributed by atoms with van der Waals surface area (Å²) in [5.74, 6) is 0. The van der Waals surface area contributed by atoms with Crippen molar-refractivity contribution in [3.63, 3.8) is 0 Å². The summed E-state index contributed by atoms with van der Waals surface area (Å²) in [5, 5.41) is 9.18. The molecular weight excluding hydrogens is 232 g/mol. The molecule has 1 aromatic carbocycles. The molecule has 0 spiro atoms. The lowest BCUT2D eigenvalue weighted by Crippen LogP contribution is -1.92. The molecule has 4 nitrogen and oxygen atoms in total. The van der Waals surface area contributed by atoms with Crippen LogP contribution >= 0.6 is 23.4 Å². The smallest absolute Gasteiger partial charge is 0.195 e. The molecule has 0 bridgehead atoms. The van der Waals surface area contributed by atoms with Crippen molar-refractivity contribution >= 4 is 29.1 Å². The third-order valence-electron chi connectivity index (χ3n) is 1.84. The molecule has 0 aliphatic rings. The molecule has 78 valence electrons. The Balaban J connectivity index is 2.29. The Morgan fingerprint density at radius 1 is 1.47 bits per heavy atom. The summed E-state index contributed by atoms with van der Waals surface area (Å²) in [5.41, 5.74) is 6.47. The molecule has 2 aromatic rings. The van der Waals surface area contributed by atoms with Gasteiger partial charge in [0.15, 0.2) is 5.16 Å². The maximum atomic E-state index is 5.83. The maximum Gasteiger partial charge on any atom is 0.195 e. The molecule has 2 N–H and O–H groups in total. The second-order valence-corrected chi connectivity index (χ2v) is 4.45. The predicted molar refractivity (Wildman–Crippen MR) is 61.0 cm³/mol. The van der Waals surface area contributed by atoms with Crippen molar-refractivity contribution in [2.75, 3.05) is 5.73 Å². The van der Waals surface area contributed by atoms with Crippen LogP contribution in [-0.4, -0.2) is 14.8 Å². The molecule has 1 heterocycles. The molecule has 6 heteroatoms. The molecule has 0 amide bonds. The van der Waals surface area contributed by atoms with Crippen molar-refractivity contribution in [2.24, 2.45) is 7.05 Å². The van der Waals surface area contributed by atoms with Crippen LogP contribution in [0.4, 0.5) is 5.69 Å². The zero-order chi connectivity index (χ0) is 10.8. The van der Waals surface area contributed by atoms with Crippen LogP contribution in [0.5, 0.6) is 0 Å². The second kappa shape index (κ2) is 4.12. The molecule has 15 heavy (non-hydrogen) atoms. The van der Waals surface area contributed by atoms with Gasteiger partial charge in [0.1, 0.15) is 6.33 Å². The lowest BCUT2D eigenvalue weighted by Gasteiger charge is -2.04. The van der Waals surface area contributed by atoms with E-state index < -0.39 is 0 Å². The molecule has 0 aliphatic heterocycles. The summed E-state index contributed by atoms with van der Waals surface area (Å²) in [4.78, 5) is 0.926. The second-order valence-electron chi connectivity index (χ2n) is 3.01. The normalized spacial score (nSPS) is 10.5. The van der Waals surface area contributed by atoms with Gasteiger partial charge < -0.3 is 10.3 Å². The number of benzene rings is 1. The van der Waals surface area contributed by atoms with Crippen LogP contribution in [0.2, 0.25) is 5.02 Å². The first-order valence-corrected chi connectivity index (χ1v) is 5.43. The summed E-state index contributed by atoms with van der Waals surface area (Å²) in [7, 11) is 1.88. The van der Waals surface area contributed by atoms with Gasteiger partial charge in [-0.2, -0.15) is 0 Å². The Bertz CT molecular complexity index is 483. The van der Waals surface area contributed by atoms with Gasteiger partial charge in [0.25, 0.3) is 0 Å². The van der Waals surface area contributed by atoms with E-state index in [0.29, 0.717) is 10.7 Å². The highest BCUT2D eigenvalue weighted by Crippen LogP contribution is 2.31. The minimum absolute atomic E-state index is 0.634. The van der Waals surface area contributed by atoms with Crippen molar-refractivity contribution < 1.29 is 0 Å². The lowest BCUT2D eigenvalue weighted by atomic mass is 10.3. The summed E-state index contributed by atoms with van der Waals surface area (Å²) < 4.78 is 1.83. The Morgan fingerprint density at radius 2 is 2.27 bits per heavy atom. The van der Waals surface area contributed by atoms with Gasteiger partial charge in [-0.05, 0) is 30.0 Å². The zero-order valence-electron chi connectivity index (χ0n) is 8.01. The van der Waals surface area contributed by atoms with Crippen molar-refractivity contribution in [3.8, 4) is 0 Å². The van der Waals surface area contributed by atoms with E-state index in [4.69, 9.17) is 17.3 Å². The minimum Gasteiger partial charge on any atom is -0.398 e. The number of rotatable bonds is 2. The van der Waals surface area contributed by atoms with Crippen LogP contribution < -0.4 is 5.73 Å². The Morgan fingerprint density at radius 3 is 2.87 bits per heavy atom. The zero-order valence-corrected chi connectivity index (χ0v) is 9.59. The largest absolute Gasteiger partial charge is 0.398 e. The van der Waals surface area contributed by atoms with E-state index >= 15 is 0 Å². The molecule has 1 aromatic heterocycles. The highest BCUT2D eigenvalue weighted by Gasteiger charge is 2.06. The van der Waals surface area contributed by atoms with Gasteiger partial charge in [-0.15, -0.1) is 10.2 Å². The number of aromatic nitrogens is 3. The Hall–Kier alpha value is -1.20. The van der Waals surface area contributed by atoms with E-state index in [0.717, 1.165) is 10.1 Å². The summed E-state index contributed by atoms with van der Waals surface area (Å²) in [6.45, 7) is 0. The molecule has 0 atom stereocenters. The van der Waals surface area contributed by atoms with Gasteiger partial charge in [0, 0.05) is 22.7 Å². The van der Waals surface area contributed by atoms with E-state index in [1.807, 2.05) is 17.7 Å². The number of anilines is 1. The summed E-state index contributed by atoms with van der Waals surface area (Å²) in [6, 6.07) is 5.40. The maximum absolute atomic E-state index is 5.83. The SMILES string of the molecule is Cn1cnnc1Sc1ccc(Cl)cc1N. The number of hydrogen-bond acceptors (Lipinski definition) is 4. The highest BCUT2D eigenvalue weighted by molar-refractivity contribution is 7.99. The monoisotopic (exact) mass is 240 g/mol. The van der Waals surface area contributed by atoms with Crippen LogP contribution in [0.15, 0.2) is 34.6 Å². The molecule has 0 saturated carbocycles. The van der Waals surface area contributed by atoms with Gasteiger partial charge in [-0.25, -0.2) is 0 Å². The molecular formula is C9H9ClN4S. The van der Waals surface area contributed by atoms with Gasteiger partial charge in [-0.3, -0.25) is 0 Å². The van der Waals surface area contributed by atoms with Crippen LogP contribution in [0.1, 0.15) is 0 Å². The van der Waals surface area contributed by atoms with Crippen LogP contribution in [-0.2, 0) is 7.05 Å². The molecule has 0 radical (unpaired) electrons. The Labute approximate surface area is 96.4 Å². The first-order chi connectivity index (χ1) is 7.16. The lowest BCUT2D eigenvalue weighted by molar-refractivity contribution is 0.789. The van der Waals surface area contributed by atoms with E-state index in [1.54, 1.807) is 18.5 Å². The van der Waals surface area contributed by atoms with Crippen molar-refractivity contribution in [1.29, 1.82) is 0 Å². The quantitative estimate of drug-likeness (QED) is 0.818. The number of nitrogen functional groups attached to an aromatic ring is 1. The predicted octanol–water partition coefficient (Wildman–Crippen LogP) is 2.20. The number of hydrogen-bond donors (Lipinski definition) is 1. The summed E-state index contributed by atoms with van der Waals surface area (Å²) >= 11 is 7.27. The number of halogens is 1. The first kappa shape index (κ1) is 10.3. The summed E-state index contributed by atoms with van der Waals surface area (Å²) in [6.07, 6.45) is 1.65. The fourth-order valence-electron chi connectivity index (χ4n) is 1.08. The minimum atomic E-state index is 0.634. The molecule has 0 unspecified atom stereocenters. The molecule has 2 rings (SSSR count). The van der Waals surface area contributed by atoms with Gasteiger partial charge in [-0.1, -0.05) is 11.6 Å². The Kier molecular flexibility index (Phi) is 2.83. The fourth-order valence-corrected chi connectivity index (χ4v) is 2.04. The van der Waals surface area contributed by atoms with E-state index in [2.05, 4.69) is 10.2 Å². The van der Waals surface area contributed by atoms with Gasteiger partial charge >= 0.3 is 0 Å². The average molecular weight is 241 g/mol. The van der Waals surface area contributed by atoms with E-state index in [1.165, 1.54) is 11.8 Å². The van der Waals surface area contributed by atoms with Crippen LogP contribution in [0.25, 0.3) is 0 Å². The fraction of sp³-hybridized carbons (Fsp3) is 0.111. The molecule has 0 aliphatic carbocycles. The van der Waals surface area contributed by atoms with Gasteiger partial charge in [0.2, 0.25) is 0 Å². The number of nitrogens with zero attached hydrogens (tertiary/aromatic N) is 3. The topological polar surface area (TPSA) is 56.7 Å². The third kappa shape index (κ3) is 2.24. The third-order valence-corrected chi connectivity index (χ3v) is 3.22. The standard InChI is InChI=1S/C9H9ClN4S/c1-14-5-12-13-9(14)15-8-3-2-6(10)4-7(8)11/h2-5H,11H2,1H3. The highest BCUT2D eigenvalue weighted by atomic mass is 35.5. The molecule has 0 fully saturated rings. The number of aryl methyl sites for hydroxylation is 1. The van der Waals surface area contributed by atoms with E-state index in [-0.39, 0.29) is 0 Å². The van der Waals surface area contributed by atoms with Gasteiger partial charge in [0.05, 0.1) is 0 Å². The van der Waals surface area contributed by atoms with Crippen molar-refractivity contribution in [1.82, 2.24) is 14.8 Å². The van der Waals surface area contributed by atoms with Crippen molar-refractivity contribution in [3.05, 3.63) is 29.5 Å². The van der Waals surface area contributed by atoms with Crippen molar-refractivity contribution in [2.45, 2.75) is 10.1 Å². The molecule has 0 saturated heterocycles. The average Bonchev–Trinajstić information content (AvgIpc) is 2.57. The van der Waals surface area contributed by atoms with E-state index in [9.17, 15) is 0 Å². The van der Waals surface area contributed by atoms with Crippen LogP contribution in [0, 0.1) is 0 Å². The first-order valence-electron chi connectivity index (χ1n) is 4.23.